The van der Waals surface area contributed by atoms with Crippen LogP contribution in [0.5, 0.6) is 0 Å². The minimum Gasteiger partial charge on any atom is -0.293 e. The van der Waals surface area contributed by atoms with Gasteiger partial charge in [0, 0.05) is 22.5 Å². The maximum Gasteiger partial charge on any atom is 0.416 e. The van der Waals surface area contributed by atoms with Crippen LogP contribution < -0.4 is 0 Å². The summed E-state index contributed by atoms with van der Waals surface area (Å²) >= 11 is 6.78. The third-order valence-corrected chi connectivity index (χ3v) is 9.82. The predicted octanol–water partition coefficient (Wildman–Crippen LogP) is 6.03. The number of nitrogens with zero attached hydrogens (tertiary/aromatic N) is 4. The topological polar surface area (TPSA) is 58.4 Å². The number of imide groups is 1. The van der Waals surface area contributed by atoms with Crippen LogP contribution in [0.1, 0.15) is 36.0 Å². The summed E-state index contributed by atoms with van der Waals surface area (Å²) in [6.07, 6.45) is 2.12. The van der Waals surface area contributed by atoms with Gasteiger partial charge in [0.05, 0.1) is 34.8 Å². The van der Waals surface area contributed by atoms with Gasteiger partial charge in [-0.2, -0.15) is 18.3 Å². The summed E-state index contributed by atoms with van der Waals surface area (Å²) in [7, 11) is 0. The summed E-state index contributed by atoms with van der Waals surface area (Å²) in [5, 5.41) is 4.82. The van der Waals surface area contributed by atoms with Crippen molar-refractivity contribution in [2.45, 2.75) is 43.6 Å². The summed E-state index contributed by atoms with van der Waals surface area (Å²) in [5.74, 6) is 0.341. The molecule has 1 aromatic heterocycles. The fraction of sp³-hybridized carbons (Fsp3) is 0.370. The number of amides is 2. The maximum absolute atomic E-state index is 13.5. The molecule has 2 amide bonds. The highest BCUT2D eigenvalue weighted by molar-refractivity contribution is 8.18. The van der Waals surface area contributed by atoms with Crippen molar-refractivity contribution < 1.29 is 22.8 Å². The first-order valence-corrected chi connectivity index (χ1v) is 13.7. The van der Waals surface area contributed by atoms with Gasteiger partial charge in [0.1, 0.15) is 0 Å². The first-order valence-electron chi connectivity index (χ1n) is 12.5. The first kappa shape index (κ1) is 24.2. The van der Waals surface area contributed by atoms with Gasteiger partial charge < -0.3 is 0 Å². The lowest BCUT2D eigenvalue weighted by Crippen LogP contribution is -2.78. The molecule has 1 spiro atoms. The van der Waals surface area contributed by atoms with Gasteiger partial charge in [0.15, 0.2) is 0 Å². The van der Waals surface area contributed by atoms with Gasteiger partial charge in [-0.3, -0.25) is 24.1 Å². The van der Waals surface area contributed by atoms with Gasteiger partial charge in [0.25, 0.3) is 11.1 Å². The molecule has 3 unspecified atom stereocenters. The Balaban J connectivity index is 1.14. The normalized spacial score (nSPS) is 28.1. The molecule has 4 heterocycles. The van der Waals surface area contributed by atoms with Crippen LogP contribution in [0.3, 0.4) is 0 Å². The second-order valence-corrected chi connectivity index (χ2v) is 11.9. The van der Waals surface area contributed by atoms with Crippen molar-refractivity contribution in [1.82, 2.24) is 19.6 Å². The molecule has 4 fully saturated rings. The highest BCUT2D eigenvalue weighted by atomic mass is 35.5. The van der Waals surface area contributed by atoms with E-state index < -0.39 is 11.7 Å². The molecule has 196 valence electrons. The van der Waals surface area contributed by atoms with Crippen molar-refractivity contribution in [3.8, 4) is 0 Å². The van der Waals surface area contributed by atoms with Crippen LogP contribution in [0.4, 0.5) is 18.0 Å². The van der Waals surface area contributed by atoms with E-state index in [0.717, 1.165) is 54.7 Å². The van der Waals surface area contributed by atoms with Crippen LogP contribution in [-0.2, 0) is 17.5 Å². The van der Waals surface area contributed by atoms with Gasteiger partial charge in [-0.05, 0) is 85.0 Å². The summed E-state index contributed by atoms with van der Waals surface area (Å²) in [6.45, 7) is 1.74. The zero-order valence-corrected chi connectivity index (χ0v) is 21.6. The zero-order valence-electron chi connectivity index (χ0n) is 20.0. The molecular formula is C27H22ClF3N4O2S. The molecular weight excluding hydrogens is 537 g/mol. The molecule has 3 aromatic rings. The molecule has 1 saturated carbocycles. The molecule has 0 radical (unpaired) electrons. The summed E-state index contributed by atoms with van der Waals surface area (Å²) in [5.41, 5.74) is 0.658. The number of fused-ring (bicyclic) bond motifs is 1. The summed E-state index contributed by atoms with van der Waals surface area (Å²) < 4.78 is 42.1. The molecule has 38 heavy (non-hydrogen) atoms. The van der Waals surface area contributed by atoms with Crippen molar-refractivity contribution in [3.63, 3.8) is 0 Å². The van der Waals surface area contributed by atoms with Gasteiger partial charge in [0.2, 0.25) is 0 Å². The number of hydrogen-bond donors (Lipinski definition) is 0. The van der Waals surface area contributed by atoms with Crippen molar-refractivity contribution in [1.29, 1.82) is 0 Å². The highest BCUT2D eigenvalue weighted by Crippen LogP contribution is 2.59. The lowest BCUT2D eigenvalue weighted by molar-refractivity contribution is -0.152. The SMILES string of the molecule is O=C1SC(=Cc2ccc3c(cnn3Cc3ccc(Cl)cc3C(F)(F)F)c2)C(=O)N1C1CN2CCC3CCC312. The van der Waals surface area contributed by atoms with Crippen LogP contribution in [0.15, 0.2) is 47.5 Å². The second kappa shape index (κ2) is 8.34. The lowest BCUT2D eigenvalue weighted by Gasteiger charge is -2.64. The molecule has 3 atom stereocenters. The molecule has 0 N–H and O–H groups in total. The molecule has 2 aromatic carbocycles. The van der Waals surface area contributed by atoms with Crippen LogP contribution in [0, 0.1) is 5.92 Å². The standard InChI is InChI=1S/C27H22ClF3N4O2S/c28-19-3-2-16(20(11-19)27(29,30)31)13-34-21-4-1-15(9-17(21)12-32-34)10-22-24(36)35(25(37)38-22)23-14-33-8-6-18-5-7-26(18,23)33/h1-4,9-12,18,23H,5-8,13-14H2. The quantitative estimate of drug-likeness (QED) is 0.366. The van der Waals surface area contributed by atoms with E-state index in [1.807, 2.05) is 6.07 Å². The number of aromatic nitrogens is 2. The second-order valence-electron chi connectivity index (χ2n) is 10.4. The zero-order chi connectivity index (χ0) is 26.4. The van der Waals surface area contributed by atoms with E-state index in [-0.39, 0.29) is 39.9 Å². The van der Waals surface area contributed by atoms with E-state index >= 15 is 0 Å². The lowest BCUT2D eigenvalue weighted by atomic mass is 9.59. The summed E-state index contributed by atoms with van der Waals surface area (Å²) in [4.78, 5) is 30.5. The van der Waals surface area contributed by atoms with Crippen LogP contribution in [-0.4, -0.2) is 55.4 Å². The largest absolute Gasteiger partial charge is 0.416 e. The minimum atomic E-state index is -4.53. The third kappa shape index (κ3) is 3.49. The molecule has 4 aliphatic rings. The predicted molar refractivity (Wildman–Crippen MR) is 139 cm³/mol. The molecule has 11 heteroatoms. The van der Waals surface area contributed by atoms with Crippen LogP contribution in [0.25, 0.3) is 17.0 Å². The fourth-order valence-electron chi connectivity index (χ4n) is 6.78. The molecule has 7 rings (SSSR count). The molecule has 3 aliphatic heterocycles. The number of alkyl halides is 3. The molecule has 0 bridgehead atoms. The minimum absolute atomic E-state index is 0.00485. The maximum atomic E-state index is 13.5. The fourth-order valence-corrected chi connectivity index (χ4v) is 7.83. The number of rotatable bonds is 4. The molecule has 6 nitrogen and oxygen atoms in total. The monoisotopic (exact) mass is 558 g/mol. The Kier molecular flexibility index (Phi) is 5.32. The van der Waals surface area contributed by atoms with E-state index in [4.69, 9.17) is 11.6 Å². The van der Waals surface area contributed by atoms with E-state index in [2.05, 4.69) is 10.00 Å². The van der Waals surface area contributed by atoms with E-state index in [1.165, 1.54) is 28.1 Å². The van der Waals surface area contributed by atoms with Crippen molar-refractivity contribution in [2.75, 3.05) is 13.1 Å². The highest BCUT2D eigenvalue weighted by Gasteiger charge is 2.69. The number of halogens is 4. The van der Waals surface area contributed by atoms with Gasteiger partial charge in [-0.25, -0.2) is 0 Å². The Bertz CT molecular complexity index is 1540. The van der Waals surface area contributed by atoms with Crippen molar-refractivity contribution in [3.05, 3.63) is 69.2 Å². The Hall–Kier alpha value is -2.82. The van der Waals surface area contributed by atoms with E-state index in [9.17, 15) is 22.8 Å². The summed E-state index contributed by atoms with van der Waals surface area (Å²) in [6, 6.07) is 9.04. The molecule has 3 saturated heterocycles. The van der Waals surface area contributed by atoms with Gasteiger partial charge in [-0.1, -0.05) is 23.7 Å². The third-order valence-electron chi connectivity index (χ3n) is 8.70. The Morgan fingerprint density at radius 2 is 2.00 bits per heavy atom. The smallest absolute Gasteiger partial charge is 0.293 e. The van der Waals surface area contributed by atoms with Crippen LogP contribution in [0.2, 0.25) is 5.02 Å². The van der Waals surface area contributed by atoms with Crippen LogP contribution >= 0.6 is 23.4 Å². The molecule has 1 aliphatic carbocycles. The number of hydrogen-bond acceptors (Lipinski definition) is 5. The van der Waals surface area contributed by atoms with Crippen molar-refractivity contribution >= 4 is 51.5 Å². The number of benzene rings is 2. The van der Waals surface area contributed by atoms with Gasteiger partial charge in [-0.15, -0.1) is 0 Å². The van der Waals surface area contributed by atoms with E-state index in [1.54, 1.807) is 24.4 Å². The Morgan fingerprint density at radius 3 is 2.74 bits per heavy atom. The van der Waals surface area contributed by atoms with Crippen molar-refractivity contribution in [2.24, 2.45) is 5.92 Å². The number of carbonyl (C=O) groups is 2. The Morgan fingerprint density at radius 1 is 1.16 bits per heavy atom. The average Bonchev–Trinajstić information content (AvgIpc) is 3.41. The van der Waals surface area contributed by atoms with Gasteiger partial charge >= 0.3 is 6.18 Å². The number of thioether (sulfide) groups is 1. The first-order chi connectivity index (χ1) is 18.1. The van der Waals surface area contributed by atoms with E-state index in [0.29, 0.717) is 16.3 Å². The number of carbonyl (C=O) groups excluding carboxylic acids is 2. The average molecular weight is 559 g/mol. The Labute approximate surface area is 225 Å².